The van der Waals surface area contributed by atoms with E-state index < -0.39 is 10.0 Å². The van der Waals surface area contributed by atoms with Crippen molar-refractivity contribution in [3.8, 4) is 5.75 Å². The molecule has 0 saturated heterocycles. The Morgan fingerprint density at radius 3 is 2.58 bits per heavy atom. The van der Waals surface area contributed by atoms with Crippen LogP contribution in [0.5, 0.6) is 5.75 Å². The number of carbonyl (C=O) groups is 1. The summed E-state index contributed by atoms with van der Waals surface area (Å²) < 4.78 is 30.6. The number of halogens is 1. The number of amides is 1. The van der Waals surface area contributed by atoms with Gasteiger partial charge in [0.25, 0.3) is 0 Å². The zero-order chi connectivity index (χ0) is 19.3. The molecule has 0 unspecified atom stereocenters. The highest BCUT2D eigenvalue weighted by Gasteiger charge is 2.17. The molecule has 0 aliphatic rings. The Morgan fingerprint density at radius 1 is 1.19 bits per heavy atom. The topological polar surface area (TPSA) is 87.7 Å². The minimum Gasteiger partial charge on any atom is -0.495 e. The number of nitrogens with one attached hydrogen (secondary N) is 2. The first-order valence-electron chi connectivity index (χ1n) is 7.64. The molecule has 2 aromatic carbocycles. The molecule has 0 aromatic heterocycles. The van der Waals surface area contributed by atoms with Gasteiger partial charge >= 0.3 is 0 Å². The lowest BCUT2D eigenvalue weighted by Gasteiger charge is -2.14. The van der Waals surface area contributed by atoms with E-state index in [1.54, 1.807) is 30.3 Å². The maximum absolute atomic E-state index is 12.2. The molecule has 0 fully saturated rings. The fourth-order valence-electron chi connectivity index (χ4n) is 2.13. The van der Waals surface area contributed by atoms with Crippen LogP contribution in [0.2, 0.25) is 5.02 Å². The van der Waals surface area contributed by atoms with Crippen LogP contribution in [0.3, 0.4) is 0 Å². The molecule has 9 heteroatoms. The summed E-state index contributed by atoms with van der Waals surface area (Å²) in [7, 11) is 0.874. The molecule has 2 N–H and O–H groups in total. The fourth-order valence-corrected chi connectivity index (χ4v) is 3.25. The summed E-state index contributed by atoms with van der Waals surface area (Å²) in [5.41, 5.74) is 0.969. The molecule has 0 aliphatic heterocycles. The third-order valence-corrected chi connectivity index (χ3v) is 5.55. The smallest absolute Gasteiger partial charge is 0.243 e. The Kier molecular flexibility index (Phi) is 6.47. The quantitative estimate of drug-likeness (QED) is 0.749. The van der Waals surface area contributed by atoms with Gasteiger partial charge in [-0.1, -0.05) is 17.7 Å². The van der Waals surface area contributed by atoms with E-state index in [4.69, 9.17) is 16.3 Å². The normalized spacial score (nSPS) is 11.3. The average molecular weight is 398 g/mol. The number of rotatable bonds is 7. The van der Waals surface area contributed by atoms with Gasteiger partial charge in [0, 0.05) is 24.8 Å². The molecule has 26 heavy (non-hydrogen) atoms. The summed E-state index contributed by atoms with van der Waals surface area (Å²) >= 11 is 5.93. The van der Waals surface area contributed by atoms with E-state index in [2.05, 4.69) is 10.6 Å². The van der Waals surface area contributed by atoms with E-state index in [0.29, 0.717) is 22.1 Å². The number of sulfonamides is 1. The first-order chi connectivity index (χ1) is 12.2. The molecule has 2 aromatic rings. The second-order valence-electron chi connectivity index (χ2n) is 5.56. The molecule has 7 nitrogen and oxygen atoms in total. The van der Waals surface area contributed by atoms with Crippen LogP contribution in [0.1, 0.15) is 0 Å². The summed E-state index contributed by atoms with van der Waals surface area (Å²) in [5.74, 6) is 0.160. The summed E-state index contributed by atoms with van der Waals surface area (Å²) in [4.78, 5) is 12.3. The van der Waals surface area contributed by atoms with Crippen molar-refractivity contribution in [1.29, 1.82) is 0 Å². The standard InChI is InChI=1S/C17H20ClN3O4S/c1-21(2)26(23,24)14-6-4-5-13(10-14)19-11-17(22)20-15-9-12(18)7-8-16(15)25-3/h4-10,19H,11H2,1-3H3,(H,20,22). The summed E-state index contributed by atoms with van der Waals surface area (Å²) in [6.07, 6.45) is 0. The van der Waals surface area contributed by atoms with Crippen LogP contribution >= 0.6 is 11.6 Å². The molecule has 0 spiro atoms. The fraction of sp³-hybridized carbons (Fsp3) is 0.235. The van der Waals surface area contributed by atoms with E-state index in [1.165, 1.54) is 33.3 Å². The summed E-state index contributed by atoms with van der Waals surface area (Å²) in [5, 5.41) is 6.07. The average Bonchev–Trinajstić information content (AvgIpc) is 2.60. The largest absolute Gasteiger partial charge is 0.495 e. The maximum Gasteiger partial charge on any atom is 0.243 e. The highest BCUT2D eigenvalue weighted by atomic mass is 35.5. The monoisotopic (exact) mass is 397 g/mol. The van der Waals surface area contributed by atoms with Crippen molar-refractivity contribution in [2.45, 2.75) is 4.90 Å². The van der Waals surface area contributed by atoms with E-state index in [9.17, 15) is 13.2 Å². The van der Waals surface area contributed by atoms with Crippen LogP contribution in [0.15, 0.2) is 47.4 Å². The Bertz CT molecular complexity index is 901. The maximum atomic E-state index is 12.2. The SMILES string of the molecule is COc1ccc(Cl)cc1NC(=O)CNc1cccc(S(=O)(=O)N(C)C)c1. The third-order valence-electron chi connectivity index (χ3n) is 3.50. The van der Waals surface area contributed by atoms with Crippen molar-refractivity contribution in [3.63, 3.8) is 0 Å². The predicted octanol–water partition coefficient (Wildman–Crippen LogP) is 2.65. The minimum absolute atomic E-state index is 0.0544. The van der Waals surface area contributed by atoms with Gasteiger partial charge in [-0.3, -0.25) is 4.79 Å². The highest BCUT2D eigenvalue weighted by Crippen LogP contribution is 2.27. The highest BCUT2D eigenvalue weighted by molar-refractivity contribution is 7.89. The molecule has 0 radical (unpaired) electrons. The first kappa shape index (κ1) is 20.0. The molecule has 1 amide bonds. The van der Waals surface area contributed by atoms with Crippen LogP contribution in [-0.2, 0) is 14.8 Å². The van der Waals surface area contributed by atoms with E-state index in [0.717, 1.165) is 4.31 Å². The van der Waals surface area contributed by atoms with Gasteiger partial charge in [0.05, 0.1) is 24.2 Å². The van der Waals surface area contributed by atoms with Crippen LogP contribution in [0.4, 0.5) is 11.4 Å². The van der Waals surface area contributed by atoms with Gasteiger partial charge in [0.2, 0.25) is 15.9 Å². The Labute approximate surface area is 158 Å². The Balaban J connectivity index is 2.06. The Morgan fingerprint density at radius 2 is 1.92 bits per heavy atom. The number of carbonyl (C=O) groups excluding carboxylic acids is 1. The second-order valence-corrected chi connectivity index (χ2v) is 8.15. The van der Waals surface area contributed by atoms with Gasteiger partial charge in [0.15, 0.2) is 0 Å². The number of hydrogen-bond donors (Lipinski definition) is 2. The number of methoxy groups -OCH3 is 1. The van der Waals surface area contributed by atoms with Crippen molar-refractivity contribution in [2.24, 2.45) is 0 Å². The van der Waals surface area contributed by atoms with Crippen molar-refractivity contribution in [1.82, 2.24) is 4.31 Å². The molecular formula is C17H20ClN3O4S. The molecule has 0 aliphatic carbocycles. The molecule has 0 heterocycles. The van der Waals surface area contributed by atoms with Crippen molar-refractivity contribution >= 4 is 38.9 Å². The minimum atomic E-state index is -3.54. The van der Waals surface area contributed by atoms with Crippen molar-refractivity contribution < 1.29 is 17.9 Å². The van der Waals surface area contributed by atoms with Crippen LogP contribution in [0.25, 0.3) is 0 Å². The van der Waals surface area contributed by atoms with Gasteiger partial charge in [-0.2, -0.15) is 0 Å². The first-order valence-corrected chi connectivity index (χ1v) is 9.45. The third kappa shape index (κ3) is 4.87. The number of nitrogens with zero attached hydrogens (tertiary/aromatic N) is 1. The lowest BCUT2D eigenvalue weighted by Crippen LogP contribution is -2.23. The summed E-state index contributed by atoms with van der Waals surface area (Å²) in [6.45, 7) is -0.0544. The number of benzene rings is 2. The molecule has 2 rings (SSSR count). The summed E-state index contributed by atoms with van der Waals surface area (Å²) in [6, 6.07) is 11.2. The number of hydrogen-bond acceptors (Lipinski definition) is 5. The lowest BCUT2D eigenvalue weighted by molar-refractivity contribution is -0.114. The molecule has 0 saturated carbocycles. The molecule has 0 bridgehead atoms. The van der Waals surface area contributed by atoms with Gasteiger partial charge in [-0.05, 0) is 36.4 Å². The lowest BCUT2D eigenvalue weighted by atomic mass is 10.3. The van der Waals surface area contributed by atoms with Gasteiger partial charge < -0.3 is 15.4 Å². The van der Waals surface area contributed by atoms with Gasteiger partial charge in [0.1, 0.15) is 5.75 Å². The van der Waals surface area contributed by atoms with E-state index in [-0.39, 0.29) is 17.3 Å². The second kappa shape index (κ2) is 8.39. The van der Waals surface area contributed by atoms with E-state index in [1.807, 2.05) is 0 Å². The Hall–Kier alpha value is -2.29. The zero-order valence-electron chi connectivity index (χ0n) is 14.6. The predicted molar refractivity (Wildman–Crippen MR) is 102 cm³/mol. The van der Waals surface area contributed by atoms with Crippen LogP contribution in [0, 0.1) is 0 Å². The molecule has 0 atom stereocenters. The van der Waals surface area contributed by atoms with Crippen molar-refractivity contribution in [3.05, 3.63) is 47.5 Å². The number of ether oxygens (including phenoxy) is 1. The van der Waals surface area contributed by atoms with Crippen LogP contribution < -0.4 is 15.4 Å². The molecule has 140 valence electrons. The number of anilines is 2. The van der Waals surface area contributed by atoms with Crippen molar-refractivity contribution in [2.75, 3.05) is 38.4 Å². The van der Waals surface area contributed by atoms with Gasteiger partial charge in [-0.15, -0.1) is 0 Å². The van der Waals surface area contributed by atoms with Gasteiger partial charge in [-0.25, -0.2) is 12.7 Å². The zero-order valence-corrected chi connectivity index (χ0v) is 16.2. The van der Waals surface area contributed by atoms with E-state index >= 15 is 0 Å². The van der Waals surface area contributed by atoms with Crippen LogP contribution in [-0.4, -0.2) is 46.4 Å². The molecular weight excluding hydrogens is 378 g/mol.